The molecule has 0 rings (SSSR count). The fraction of sp³-hybridized carbons (Fsp3) is 0.545. The van der Waals surface area contributed by atoms with Gasteiger partial charge in [-0.25, -0.2) is 4.79 Å². The van der Waals surface area contributed by atoms with Crippen LogP contribution in [0.2, 0.25) is 0 Å². The van der Waals surface area contributed by atoms with Crippen molar-refractivity contribution in [2.45, 2.75) is 19.8 Å². The summed E-state index contributed by atoms with van der Waals surface area (Å²) in [5.74, 6) is 0. The van der Waals surface area contributed by atoms with Crippen LogP contribution in [0.5, 0.6) is 0 Å². The van der Waals surface area contributed by atoms with Crippen LogP contribution in [0.15, 0.2) is 29.4 Å². The average molecular weight is 239 g/mol. The molecular formula is C11H17N3O3. The van der Waals surface area contributed by atoms with Gasteiger partial charge < -0.3 is 9.47 Å². The topological polar surface area (TPSA) is 84.3 Å². The van der Waals surface area contributed by atoms with E-state index < -0.39 is 6.09 Å². The summed E-state index contributed by atoms with van der Waals surface area (Å²) in [5, 5.41) is 2.75. The quantitative estimate of drug-likeness (QED) is 0.214. The van der Waals surface area contributed by atoms with Crippen molar-refractivity contribution in [2.75, 3.05) is 19.8 Å². The summed E-state index contributed by atoms with van der Waals surface area (Å²) in [6.45, 7) is 3.22. The van der Waals surface area contributed by atoms with Crippen LogP contribution >= 0.6 is 0 Å². The van der Waals surface area contributed by atoms with Crippen molar-refractivity contribution in [2.24, 2.45) is 5.11 Å². The Bertz CT molecular complexity index is 307. The molecule has 0 saturated heterocycles. The summed E-state index contributed by atoms with van der Waals surface area (Å²) in [6, 6.07) is 0. The van der Waals surface area contributed by atoms with Crippen molar-refractivity contribution in [1.82, 2.24) is 0 Å². The van der Waals surface area contributed by atoms with Gasteiger partial charge in [0.25, 0.3) is 0 Å². The molecule has 0 unspecified atom stereocenters. The van der Waals surface area contributed by atoms with Crippen LogP contribution in [0.4, 0.5) is 4.79 Å². The van der Waals surface area contributed by atoms with Crippen molar-refractivity contribution < 1.29 is 14.3 Å². The molecule has 0 bridgehead atoms. The van der Waals surface area contributed by atoms with Crippen molar-refractivity contribution in [3.8, 4) is 0 Å². The standard InChI is InChI=1S/C11H17N3O3/c1-2-3-4-5-8-16-9-6-7-10-17-11(15)13-14-12/h4-7H,2-3,8-10H2,1H3/b5-4-,7-6-. The summed E-state index contributed by atoms with van der Waals surface area (Å²) < 4.78 is 9.77. The van der Waals surface area contributed by atoms with Crippen molar-refractivity contribution in [3.05, 3.63) is 34.7 Å². The van der Waals surface area contributed by atoms with Crippen LogP contribution in [-0.2, 0) is 9.47 Å². The van der Waals surface area contributed by atoms with E-state index in [-0.39, 0.29) is 6.61 Å². The largest absolute Gasteiger partial charge is 0.457 e. The maximum absolute atomic E-state index is 10.6. The fourth-order valence-electron chi connectivity index (χ4n) is 0.878. The number of azide groups is 1. The first-order chi connectivity index (χ1) is 8.31. The molecule has 0 radical (unpaired) electrons. The van der Waals surface area contributed by atoms with Gasteiger partial charge in [-0.1, -0.05) is 31.6 Å². The van der Waals surface area contributed by atoms with Crippen LogP contribution in [-0.4, -0.2) is 25.9 Å². The lowest BCUT2D eigenvalue weighted by atomic mass is 10.3. The van der Waals surface area contributed by atoms with E-state index >= 15 is 0 Å². The lowest BCUT2D eigenvalue weighted by Crippen LogP contribution is -1.97. The van der Waals surface area contributed by atoms with Gasteiger partial charge in [0, 0.05) is 10.0 Å². The molecule has 0 aromatic heterocycles. The molecule has 0 fully saturated rings. The minimum absolute atomic E-state index is 0.0763. The summed E-state index contributed by atoms with van der Waals surface area (Å²) in [5.41, 5.74) is 7.91. The molecule has 1 amide bonds. The van der Waals surface area contributed by atoms with Crippen LogP contribution in [0.1, 0.15) is 19.8 Å². The summed E-state index contributed by atoms with van der Waals surface area (Å²) in [4.78, 5) is 12.9. The Morgan fingerprint density at radius 1 is 1.24 bits per heavy atom. The molecule has 0 N–H and O–H groups in total. The molecule has 94 valence electrons. The minimum Gasteiger partial charge on any atom is -0.457 e. The highest BCUT2D eigenvalue weighted by atomic mass is 16.5. The number of unbranched alkanes of at least 4 members (excludes halogenated alkanes) is 1. The maximum Gasteiger partial charge on any atom is 0.397 e. The molecule has 0 aliphatic carbocycles. The molecule has 0 aliphatic rings. The first-order valence-corrected chi connectivity index (χ1v) is 5.40. The molecule has 6 nitrogen and oxygen atoms in total. The highest BCUT2D eigenvalue weighted by Gasteiger charge is 1.92. The first-order valence-electron chi connectivity index (χ1n) is 5.40. The average Bonchev–Trinajstić information content (AvgIpc) is 2.32. The maximum atomic E-state index is 10.6. The zero-order valence-corrected chi connectivity index (χ0v) is 9.91. The van der Waals surface area contributed by atoms with Crippen molar-refractivity contribution in [1.29, 1.82) is 0 Å². The molecule has 0 aromatic carbocycles. The number of carbonyl (C=O) groups is 1. The number of carbonyl (C=O) groups excluding carboxylic acids is 1. The van der Waals surface area contributed by atoms with E-state index in [0.717, 1.165) is 12.8 Å². The number of rotatable bonds is 8. The first kappa shape index (κ1) is 15.2. The monoisotopic (exact) mass is 239 g/mol. The number of ether oxygens (including phenoxy) is 2. The Morgan fingerprint density at radius 2 is 1.88 bits per heavy atom. The van der Waals surface area contributed by atoms with E-state index in [1.54, 1.807) is 12.2 Å². The van der Waals surface area contributed by atoms with Gasteiger partial charge in [0.05, 0.1) is 13.2 Å². The Balaban J connectivity index is 3.37. The third-order valence-corrected chi connectivity index (χ3v) is 1.65. The van der Waals surface area contributed by atoms with Gasteiger partial charge in [-0.2, -0.15) is 0 Å². The zero-order valence-electron chi connectivity index (χ0n) is 9.91. The Morgan fingerprint density at radius 3 is 2.53 bits per heavy atom. The van der Waals surface area contributed by atoms with Crippen LogP contribution < -0.4 is 0 Å². The number of hydrogen-bond donors (Lipinski definition) is 0. The van der Waals surface area contributed by atoms with Gasteiger partial charge in [0.15, 0.2) is 0 Å². The Kier molecular flexibility index (Phi) is 11.0. The third kappa shape index (κ3) is 12.2. The summed E-state index contributed by atoms with van der Waals surface area (Å²) >= 11 is 0. The predicted molar refractivity (Wildman–Crippen MR) is 64.5 cm³/mol. The van der Waals surface area contributed by atoms with Gasteiger partial charge in [0.1, 0.15) is 6.61 Å². The second-order valence-electron chi connectivity index (χ2n) is 3.04. The molecule has 0 spiro atoms. The number of amides is 1. The van der Waals surface area contributed by atoms with E-state index in [9.17, 15) is 4.79 Å². The van der Waals surface area contributed by atoms with E-state index in [2.05, 4.69) is 27.8 Å². The van der Waals surface area contributed by atoms with E-state index in [1.807, 2.05) is 6.08 Å². The normalized spacial score (nSPS) is 10.6. The second kappa shape index (κ2) is 12.3. The van der Waals surface area contributed by atoms with E-state index in [4.69, 9.17) is 10.3 Å². The molecule has 0 aliphatic heterocycles. The van der Waals surface area contributed by atoms with Crippen LogP contribution in [0.25, 0.3) is 10.4 Å². The van der Waals surface area contributed by atoms with Gasteiger partial charge in [-0.05, 0) is 18.0 Å². The highest BCUT2D eigenvalue weighted by Crippen LogP contribution is 1.89. The Hall–Kier alpha value is -1.78. The summed E-state index contributed by atoms with van der Waals surface area (Å²) in [6.07, 6.45) is 8.67. The van der Waals surface area contributed by atoms with Gasteiger partial charge in [-0.15, -0.1) is 0 Å². The SMILES string of the molecule is CCC/C=C\COC/C=C\COC(=O)N=[N+]=[N-]. The zero-order chi connectivity index (χ0) is 12.8. The van der Waals surface area contributed by atoms with Gasteiger partial charge in [-0.3, -0.25) is 0 Å². The number of hydrogen-bond acceptors (Lipinski definition) is 3. The highest BCUT2D eigenvalue weighted by molar-refractivity contribution is 5.68. The minimum atomic E-state index is -0.930. The summed E-state index contributed by atoms with van der Waals surface area (Å²) in [7, 11) is 0. The van der Waals surface area contributed by atoms with E-state index in [0.29, 0.717) is 13.2 Å². The predicted octanol–water partition coefficient (Wildman–Crippen LogP) is 3.36. The fourth-order valence-corrected chi connectivity index (χ4v) is 0.878. The molecule has 6 heteroatoms. The lowest BCUT2D eigenvalue weighted by molar-refractivity contribution is 0.168. The van der Waals surface area contributed by atoms with Gasteiger partial charge >= 0.3 is 6.09 Å². The van der Waals surface area contributed by atoms with Crippen LogP contribution in [0.3, 0.4) is 0 Å². The molecule has 0 aromatic rings. The third-order valence-electron chi connectivity index (χ3n) is 1.65. The number of allylic oxidation sites excluding steroid dienone is 1. The van der Waals surface area contributed by atoms with Crippen molar-refractivity contribution >= 4 is 6.09 Å². The molecule has 0 saturated carbocycles. The molecular weight excluding hydrogens is 222 g/mol. The smallest absolute Gasteiger partial charge is 0.397 e. The lowest BCUT2D eigenvalue weighted by Gasteiger charge is -1.96. The van der Waals surface area contributed by atoms with Crippen molar-refractivity contribution in [3.63, 3.8) is 0 Å². The second-order valence-corrected chi connectivity index (χ2v) is 3.04. The molecule has 0 atom stereocenters. The number of nitrogens with zero attached hydrogens (tertiary/aromatic N) is 3. The molecule has 17 heavy (non-hydrogen) atoms. The Labute approximate surface area is 101 Å². The van der Waals surface area contributed by atoms with E-state index in [1.165, 1.54) is 0 Å². The molecule has 0 heterocycles. The van der Waals surface area contributed by atoms with Crippen LogP contribution in [0, 0.1) is 0 Å². The van der Waals surface area contributed by atoms with Gasteiger partial charge in [0.2, 0.25) is 0 Å².